The average Bonchev–Trinajstić information content (AvgIpc) is 2.78. The minimum absolute atomic E-state index is 0.213. The molecule has 0 saturated heterocycles. The van der Waals surface area contributed by atoms with Gasteiger partial charge in [0.1, 0.15) is 0 Å². The Bertz CT molecular complexity index is 1180. The van der Waals surface area contributed by atoms with Gasteiger partial charge in [0.15, 0.2) is 11.5 Å². The number of benzene rings is 3. The van der Waals surface area contributed by atoms with E-state index in [0.29, 0.717) is 22.1 Å². The van der Waals surface area contributed by atoms with E-state index in [1.807, 2.05) is 31.2 Å². The van der Waals surface area contributed by atoms with Crippen molar-refractivity contribution >= 4 is 35.3 Å². The van der Waals surface area contributed by atoms with Gasteiger partial charge in [0.2, 0.25) is 0 Å². The molecule has 2 N–H and O–H groups in total. The second kappa shape index (κ2) is 10.5. The summed E-state index contributed by atoms with van der Waals surface area (Å²) in [5.41, 5.74) is 5.19. The molecule has 0 heterocycles. The molecule has 8 heteroatoms. The molecular weight excluding hydrogens is 430 g/mol. The summed E-state index contributed by atoms with van der Waals surface area (Å²) in [5.74, 6) is -0.0215. The van der Waals surface area contributed by atoms with Crippen LogP contribution in [0.1, 0.15) is 31.8 Å². The lowest BCUT2D eigenvalue weighted by atomic mass is 10.1. The van der Waals surface area contributed by atoms with E-state index in [9.17, 15) is 9.59 Å². The SMILES string of the molecule is COc1ccc(C(=O)Nc2cc(Cl)ccc2C(=O)N/N=C/c2cccc(C)c2)cc1OC. The highest BCUT2D eigenvalue weighted by Gasteiger charge is 2.16. The zero-order chi connectivity index (χ0) is 23.1. The van der Waals surface area contributed by atoms with Crippen molar-refractivity contribution in [3.63, 3.8) is 0 Å². The Hall–Kier alpha value is -3.84. The van der Waals surface area contributed by atoms with Crippen LogP contribution in [0.25, 0.3) is 0 Å². The number of anilines is 1. The van der Waals surface area contributed by atoms with E-state index >= 15 is 0 Å². The fourth-order valence-corrected chi connectivity index (χ4v) is 3.14. The van der Waals surface area contributed by atoms with Crippen LogP contribution in [0.3, 0.4) is 0 Å². The molecule has 0 radical (unpaired) electrons. The number of amides is 2. The standard InChI is InChI=1S/C24H22ClN3O4/c1-15-5-4-6-16(11-15)14-26-28-24(30)19-9-8-18(25)13-20(19)27-23(29)17-7-10-21(31-2)22(12-17)32-3/h4-14H,1-3H3,(H,27,29)(H,28,30)/b26-14+. The number of rotatable bonds is 7. The topological polar surface area (TPSA) is 89.0 Å². The molecule has 3 aromatic rings. The lowest BCUT2D eigenvalue weighted by Gasteiger charge is -2.12. The Morgan fingerprint density at radius 3 is 2.44 bits per heavy atom. The number of hydrogen-bond acceptors (Lipinski definition) is 5. The Kier molecular flexibility index (Phi) is 7.46. The van der Waals surface area contributed by atoms with Gasteiger partial charge in [-0.25, -0.2) is 5.43 Å². The Labute approximate surface area is 191 Å². The Morgan fingerprint density at radius 2 is 1.72 bits per heavy atom. The van der Waals surface area contributed by atoms with Crippen LogP contribution in [0.5, 0.6) is 11.5 Å². The second-order valence-electron chi connectivity index (χ2n) is 6.83. The van der Waals surface area contributed by atoms with Crippen LogP contribution in [-0.4, -0.2) is 32.2 Å². The van der Waals surface area contributed by atoms with Crippen molar-refractivity contribution in [1.29, 1.82) is 0 Å². The molecule has 0 fully saturated rings. The third kappa shape index (κ3) is 5.65. The van der Waals surface area contributed by atoms with Crippen molar-refractivity contribution in [1.82, 2.24) is 5.43 Å². The lowest BCUT2D eigenvalue weighted by molar-refractivity contribution is 0.0956. The fourth-order valence-electron chi connectivity index (χ4n) is 2.97. The molecule has 164 valence electrons. The van der Waals surface area contributed by atoms with E-state index in [1.165, 1.54) is 26.4 Å². The first-order valence-electron chi connectivity index (χ1n) is 9.64. The van der Waals surface area contributed by atoms with Gasteiger partial charge in [0, 0.05) is 10.6 Å². The first kappa shape index (κ1) is 22.8. The van der Waals surface area contributed by atoms with E-state index in [4.69, 9.17) is 21.1 Å². The molecule has 2 amide bonds. The molecule has 0 spiro atoms. The van der Waals surface area contributed by atoms with Crippen molar-refractivity contribution in [2.24, 2.45) is 5.10 Å². The first-order valence-corrected chi connectivity index (χ1v) is 10.0. The summed E-state index contributed by atoms with van der Waals surface area (Å²) in [6.07, 6.45) is 1.54. The van der Waals surface area contributed by atoms with Crippen LogP contribution < -0.4 is 20.2 Å². The van der Waals surface area contributed by atoms with Crippen LogP contribution >= 0.6 is 11.6 Å². The third-order valence-corrected chi connectivity index (χ3v) is 4.78. The van der Waals surface area contributed by atoms with Crippen molar-refractivity contribution in [3.8, 4) is 11.5 Å². The summed E-state index contributed by atoms with van der Waals surface area (Å²) in [6, 6.07) is 17.0. The van der Waals surface area contributed by atoms with Gasteiger partial charge in [-0.3, -0.25) is 9.59 Å². The minimum atomic E-state index is -0.492. The van der Waals surface area contributed by atoms with Crippen molar-refractivity contribution in [3.05, 3.63) is 87.9 Å². The number of methoxy groups -OCH3 is 2. The van der Waals surface area contributed by atoms with E-state index in [-0.39, 0.29) is 11.3 Å². The lowest BCUT2D eigenvalue weighted by Crippen LogP contribution is -2.21. The molecule has 0 saturated carbocycles. The number of hydrazone groups is 1. The molecule has 32 heavy (non-hydrogen) atoms. The summed E-state index contributed by atoms with van der Waals surface area (Å²) in [6.45, 7) is 1.97. The van der Waals surface area contributed by atoms with Gasteiger partial charge >= 0.3 is 0 Å². The third-order valence-electron chi connectivity index (χ3n) is 4.54. The van der Waals surface area contributed by atoms with E-state index in [0.717, 1.165) is 11.1 Å². The molecule has 0 aliphatic carbocycles. The maximum atomic E-state index is 12.8. The summed E-state index contributed by atoms with van der Waals surface area (Å²) in [4.78, 5) is 25.5. The number of aryl methyl sites for hydroxylation is 1. The largest absolute Gasteiger partial charge is 0.493 e. The smallest absolute Gasteiger partial charge is 0.273 e. The average molecular weight is 452 g/mol. The molecular formula is C24H22ClN3O4. The van der Waals surface area contributed by atoms with E-state index < -0.39 is 11.8 Å². The van der Waals surface area contributed by atoms with Gasteiger partial charge in [0.05, 0.1) is 31.7 Å². The summed E-state index contributed by atoms with van der Waals surface area (Å²) < 4.78 is 10.4. The number of carbonyl (C=O) groups excluding carboxylic acids is 2. The molecule has 0 aliphatic rings. The molecule has 3 aromatic carbocycles. The van der Waals surface area contributed by atoms with Gasteiger partial charge in [0.25, 0.3) is 11.8 Å². The molecule has 0 bridgehead atoms. The number of hydrogen-bond donors (Lipinski definition) is 2. The molecule has 3 rings (SSSR count). The van der Waals surface area contributed by atoms with Gasteiger partial charge < -0.3 is 14.8 Å². The van der Waals surface area contributed by atoms with Crippen LogP contribution in [0, 0.1) is 6.92 Å². The van der Waals surface area contributed by atoms with Crippen molar-refractivity contribution in [2.75, 3.05) is 19.5 Å². The van der Waals surface area contributed by atoms with Crippen LogP contribution in [0.2, 0.25) is 5.02 Å². The highest BCUT2D eigenvalue weighted by atomic mass is 35.5. The molecule has 0 atom stereocenters. The van der Waals surface area contributed by atoms with Crippen molar-refractivity contribution < 1.29 is 19.1 Å². The number of ether oxygens (including phenoxy) is 2. The number of nitrogens with zero attached hydrogens (tertiary/aromatic N) is 1. The monoisotopic (exact) mass is 451 g/mol. The normalized spacial score (nSPS) is 10.6. The zero-order valence-electron chi connectivity index (χ0n) is 17.8. The van der Waals surface area contributed by atoms with E-state index in [2.05, 4.69) is 15.8 Å². The first-order chi connectivity index (χ1) is 15.4. The molecule has 7 nitrogen and oxygen atoms in total. The summed E-state index contributed by atoms with van der Waals surface area (Å²) in [7, 11) is 2.99. The highest BCUT2D eigenvalue weighted by molar-refractivity contribution is 6.31. The van der Waals surface area contributed by atoms with Gasteiger partial charge in [-0.05, 0) is 48.9 Å². The highest BCUT2D eigenvalue weighted by Crippen LogP contribution is 2.28. The zero-order valence-corrected chi connectivity index (χ0v) is 18.6. The summed E-state index contributed by atoms with van der Waals surface area (Å²) >= 11 is 6.09. The Balaban J connectivity index is 1.78. The maximum Gasteiger partial charge on any atom is 0.273 e. The summed E-state index contributed by atoms with van der Waals surface area (Å²) in [5, 5.41) is 7.09. The quantitative estimate of drug-likeness (QED) is 0.403. The molecule has 0 aliphatic heterocycles. The second-order valence-corrected chi connectivity index (χ2v) is 7.26. The van der Waals surface area contributed by atoms with Crippen LogP contribution in [0.15, 0.2) is 65.8 Å². The molecule has 0 unspecified atom stereocenters. The van der Waals surface area contributed by atoms with Crippen LogP contribution in [0.4, 0.5) is 5.69 Å². The number of halogens is 1. The van der Waals surface area contributed by atoms with Gasteiger partial charge in [-0.1, -0.05) is 41.4 Å². The van der Waals surface area contributed by atoms with Gasteiger partial charge in [-0.15, -0.1) is 0 Å². The Morgan fingerprint density at radius 1 is 0.938 bits per heavy atom. The molecule has 0 aromatic heterocycles. The number of nitrogens with one attached hydrogen (secondary N) is 2. The van der Waals surface area contributed by atoms with Crippen molar-refractivity contribution in [2.45, 2.75) is 6.92 Å². The predicted molar refractivity (Wildman–Crippen MR) is 125 cm³/mol. The van der Waals surface area contributed by atoms with Gasteiger partial charge in [-0.2, -0.15) is 5.10 Å². The van der Waals surface area contributed by atoms with Crippen LogP contribution in [-0.2, 0) is 0 Å². The minimum Gasteiger partial charge on any atom is -0.493 e. The number of carbonyl (C=O) groups is 2. The van der Waals surface area contributed by atoms with E-state index in [1.54, 1.807) is 30.5 Å². The maximum absolute atomic E-state index is 12.8. The fraction of sp³-hybridized carbons (Fsp3) is 0.125. The predicted octanol–water partition coefficient (Wildman–Crippen LogP) is 4.68.